The number of nitrogens with one attached hydrogen (secondary N) is 1. The number of hydrogen-bond donors (Lipinski definition) is 1. The van der Waals surface area contributed by atoms with E-state index in [0.29, 0.717) is 37.3 Å². The molecule has 2 aromatic rings. The predicted octanol–water partition coefficient (Wildman–Crippen LogP) is 4.51. The fourth-order valence-corrected chi connectivity index (χ4v) is 5.21. The number of nitrogens with zero attached hydrogens (tertiary/aromatic N) is 5. The highest BCUT2D eigenvalue weighted by atomic mass is 19.3. The van der Waals surface area contributed by atoms with Gasteiger partial charge in [0.05, 0.1) is 16.2 Å². The Morgan fingerprint density at radius 2 is 1.81 bits per heavy atom. The van der Waals surface area contributed by atoms with Gasteiger partial charge in [-0.3, -0.25) is 14.9 Å². The Labute approximate surface area is 205 Å². The van der Waals surface area contributed by atoms with Gasteiger partial charge in [0.15, 0.2) is 0 Å². The van der Waals surface area contributed by atoms with Crippen molar-refractivity contribution in [3.63, 3.8) is 0 Å². The number of nitro benzene ring substituents is 1. The molecule has 3 heterocycles. The maximum Gasteiger partial charge on any atom is 0.271 e. The highest BCUT2D eigenvalue weighted by Crippen LogP contribution is 2.48. The molecule has 2 unspecified atom stereocenters. The van der Waals surface area contributed by atoms with Gasteiger partial charge >= 0.3 is 0 Å². The molecule has 12 heteroatoms. The van der Waals surface area contributed by atoms with Crippen molar-refractivity contribution in [2.24, 2.45) is 5.92 Å². The molecule has 0 bridgehead atoms. The lowest BCUT2D eigenvalue weighted by molar-refractivity contribution is -0.384. The number of rotatable bonds is 5. The third-order valence-electron chi connectivity index (χ3n) is 7.52. The maximum absolute atomic E-state index is 14.8. The summed E-state index contributed by atoms with van der Waals surface area (Å²) < 4.78 is 41.9. The number of alkyl halides is 3. The first-order chi connectivity index (χ1) is 17.0. The molecule has 2 atom stereocenters. The van der Waals surface area contributed by atoms with Crippen LogP contribution in [0.4, 0.5) is 36.3 Å². The van der Waals surface area contributed by atoms with E-state index in [-0.39, 0.29) is 54.9 Å². The minimum Gasteiger partial charge on any atom is -0.370 e. The van der Waals surface area contributed by atoms with Crippen molar-refractivity contribution in [2.75, 3.05) is 41.3 Å². The summed E-state index contributed by atoms with van der Waals surface area (Å²) in [7, 11) is 0. The molecule has 1 amide bonds. The smallest absolute Gasteiger partial charge is 0.271 e. The second-order valence-electron chi connectivity index (χ2n) is 9.92. The molecule has 1 aromatic heterocycles. The fourth-order valence-electron chi connectivity index (χ4n) is 5.21. The lowest BCUT2D eigenvalue weighted by Crippen LogP contribution is -2.55. The van der Waals surface area contributed by atoms with Crippen molar-refractivity contribution in [3.05, 3.63) is 45.6 Å². The van der Waals surface area contributed by atoms with E-state index in [1.54, 1.807) is 17.9 Å². The molecular weight excluding hydrogens is 477 g/mol. The summed E-state index contributed by atoms with van der Waals surface area (Å²) in [6.45, 7) is 2.65. The second kappa shape index (κ2) is 8.90. The van der Waals surface area contributed by atoms with Crippen LogP contribution in [0.3, 0.4) is 0 Å². The van der Waals surface area contributed by atoms with Crippen LogP contribution in [0.1, 0.15) is 48.2 Å². The average Bonchev–Trinajstić information content (AvgIpc) is 2.81. The SMILES string of the molecule is Cc1cc(NC(=O)c2ccc([N+](=O)[O-])cc2N2CCC3(F)CCC3C2)nc(N2CCC(F)(F)CC2)n1. The summed E-state index contributed by atoms with van der Waals surface area (Å²) in [6.07, 6.45) is 0.988. The van der Waals surface area contributed by atoms with Crippen molar-refractivity contribution < 1.29 is 22.9 Å². The number of halogens is 3. The lowest BCUT2D eigenvalue weighted by atomic mass is 9.66. The number of piperidine rings is 2. The molecule has 1 N–H and O–H groups in total. The van der Waals surface area contributed by atoms with Gasteiger partial charge in [-0.2, -0.15) is 4.98 Å². The zero-order valence-electron chi connectivity index (χ0n) is 19.8. The number of aryl methyl sites for hydroxylation is 1. The van der Waals surface area contributed by atoms with E-state index in [2.05, 4.69) is 15.3 Å². The molecular formula is C24H27F3N6O3. The van der Waals surface area contributed by atoms with Crippen LogP contribution in [-0.2, 0) is 0 Å². The van der Waals surface area contributed by atoms with E-state index in [1.807, 2.05) is 4.90 Å². The zero-order chi connectivity index (χ0) is 25.7. The number of fused-ring (bicyclic) bond motifs is 1. The van der Waals surface area contributed by atoms with Gasteiger partial charge in [-0.15, -0.1) is 0 Å². The molecule has 2 aliphatic heterocycles. The molecule has 3 fully saturated rings. The minimum atomic E-state index is -2.71. The summed E-state index contributed by atoms with van der Waals surface area (Å²) in [6, 6.07) is 5.57. The molecule has 1 aromatic carbocycles. The van der Waals surface area contributed by atoms with Gasteiger partial charge in [-0.1, -0.05) is 0 Å². The van der Waals surface area contributed by atoms with Crippen molar-refractivity contribution in [3.8, 4) is 0 Å². The molecule has 5 rings (SSSR count). The third-order valence-corrected chi connectivity index (χ3v) is 7.52. The largest absolute Gasteiger partial charge is 0.370 e. The van der Waals surface area contributed by atoms with Gasteiger partial charge in [-0.25, -0.2) is 18.2 Å². The number of nitro groups is 1. The van der Waals surface area contributed by atoms with Crippen LogP contribution in [0.2, 0.25) is 0 Å². The number of carbonyl (C=O) groups is 1. The Kier molecular flexibility index (Phi) is 6.00. The predicted molar refractivity (Wildman–Crippen MR) is 128 cm³/mol. The molecule has 9 nitrogen and oxygen atoms in total. The summed E-state index contributed by atoms with van der Waals surface area (Å²) in [5.74, 6) is -2.95. The topological polar surface area (TPSA) is 104 Å². The lowest BCUT2D eigenvalue weighted by Gasteiger charge is -2.50. The maximum atomic E-state index is 14.8. The van der Waals surface area contributed by atoms with Crippen molar-refractivity contribution in [1.29, 1.82) is 0 Å². The van der Waals surface area contributed by atoms with Gasteiger partial charge in [0.2, 0.25) is 5.95 Å². The zero-order valence-corrected chi connectivity index (χ0v) is 19.8. The first-order valence-electron chi connectivity index (χ1n) is 12.1. The summed E-state index contributed by atoms with van der Waals surface area (Å²) in [5, 5.41) is 14.1. The van der Waals surface area contributed by atoms with Crippen LogP contribution in [0.15, 0.2) is 24.3 Å². The van der Waals surface area contributed by atoms with Crippen molar-refractivity contribution in [2.45, 2.75) is 50.6 Å². The van der Waals surface area contributed by atoms with Crippen LogP contribution >= 0.6 is 0 Å². The normalized spacial score (nSPS) is 25.1. The monoisotopic (exact) mass is 504 g/mol. The second-order valence-corrected chi connectivity index (χ2v) is 9.92. The first kappa shape index (κ1) is 24.3. The van der Waals surface area contributed by atoms with Gasteiger partial charge < -0.3 is 15.1 Å². The fraction of sp³-hybridized carbons (Fsp3) is 0.542. The van der Waals surface area contributed by atoms with Crippen LogP contribution in [-0.4, -0.2) is 58.6 Å². The number of carbonyl (C=O) groups excluding carboxylic acids is 1. The van der Waals surface area contributed by atoms with Gasteiger partial charge in [0.1, 0.15) is 11.5 Å². The highest BCUT2D eigenvalue weighted by molar-refractivity contribution is 6.08. The first-order valence-corrected chi connectivity index (χ1v) is 12.1. The summed E-state index contributed by atoms with van der Waals surface area (Å²) in [4.78, 5) is 36.4. The van der Waals surface area contributed by atoms with Gasteiger partial charge in [-0.05, 0) is 32.3 Å². The molecule has 0 spiro atoms. The van der Waals surface area contributed by atoms with Crippen LogP contribution in [0.25, 0.3) is 0 Å². The molecule has 192 valence electrons. The van der Waals surface area contributed by atoms with Crippen LogP contribution < -0.4 is 15.1 Å². The molecule has 3 aliphatic rings. The minimum absolute atomic E-state index is 0.0997. The number of benzene rings is 1. The quantitative estimate of drug-likeness (QED) is 0.472. The Hall–Kier alpha value is -3.44. The van der Waals surface area contributed by atoms with E-state index < -0.39 is 22.4 Å². The Balaban J connectivity index is 1.39. The number of anilines is 3. The van der Waals surface area contributed by atoms with E-state index in [4.69, 9.17) is 0 Å². The molecule has 1 saturated carbocycles. The molecule has 2 saturated heterocycles. The van der Waals surface area contributed by atoms with Crippen LogP contribution in [0, 0.1) is 23.0 Å². The average molecular weight is 505 g/mol. The number of hydrogen-bond acceptors (Lipinski definition) is 7. The van der Waals surface area contributed by atoms with E-state index in [9.17, 15) is 28.1 Å². The van der Waals surface area contributed by atoms with Crippen molar-refractivity contribution >= 4 is 29.0 Å². The Bertz CT molecular complexity index is 1200. The Morgan fingerprint density at radius 3 is 2.44 bits per heavy atom. The molecule has 0 radical (unpaired) electrons. The standard InChI is InChI=1S/C24H27F3N6O3/c1-15-12-20(30-22(28-15)31-10-7-24(26,27)8-11-31)29-21(34)18-3-2-17(33(35)36)13-19(18)32-9-6-23(25)5-4-16(23)14-32/h2-3,12-13,16H,4-11,14H2,1H3,(H,28,29,30,34). The van der Waals surface area contributed by atoms with Gasteiger partial charge in [0.25, 0.3) is 17.5 Å². The van der Waals surface area contributed by atoms with E-state index in [0.717, 1.165) is 6.42 Å². The molecule has 1 aliphatic carbocycles. The van der Waals surface area contributed by atoms with Gasteiger partial charge in [0, 0.05) is 68.8 Å². The Morgan fingerprint density at radius 1 is 1.08 bits per heavy atom. The van der Waals surface area contributed by atoms with Crippen LogP contribution in [0.5, 0.6) is 0 Å². The third kappa shape index (κ3) is 4.68. The van der Waals surface area contributed by atoms with E-state index in [1.165, 1.54) is 18.2 Å². The summed E-state index contributed by atoms with van der Waals surface area (Å²) in [5.41, 5.74) is -0.208. The highest BCUT2D eigenvalue weighted by Gasteiger charge is 2.50. The number of amides is 1. The van der Waals surface area contributed by atoms with Crippen molar-refractivity contribution in [1.82, 2.24) is 9.97 Å². The van der Waals surface area contributed by atoms with E-state index >= 15 is 0 Å². The number of non-ortho nitro benzene ring substituents is 1. The molecule has 36 heavy (non-hydrogen) atoms. The summed E-state index contributed by atoms with van der Waals surface area (Å²) >= 11 is 0. The number of aromatic nitrogens is 2.